The third-order valence-electron chi connectivity index (χ3n) is 2.83. The molecular formula is C12H18N2O4S. The molecule has 0 saturated heterocycles. The van der Waals surface area contributed by atoms with Crippen molar-refractivity contribution in [2.75, 3.05) is 13.7 Å². The molecule has 0 radical (unpaired) electrons. The lowest BCUT2D eigenvalue weighted by atomic mass is 10.1. The van der Waals surface area contributed by atoms with Gasteiger partial charge in [-0.05, 0) is 31.5 Å². The molecule has 0 fully saturated rings. The number of primary sulfonamides is 1. The van der Waals surface area contributed by atoms with Crippen LogP contribution in [0.4, 0.5) is 4.79 Å². The lowest BCUT2D eigenvalue weighted by molar-refractivity contribution is 0.104. The summed E-state index contributed by atoms with van der Waals surface area (Å²) in [6.07, 6.45) is -0.425. The minimum absolute atomic E-state index is 0.0437. The summed E-state index contributed by atoms with van der Waals surface area (Å²) in [7, 11) is -2.07. The van der Waals surface area contributed by atoms with Crippen LogP contribution in [0.5, 0.6) is 0 Å². The highest BCUT2D eigenvalue weighted by Gasteiger charge is 2.18. The molecule has 0 aliphatic heterocycles. The van der Waals surface area contributed by atoms with Crippen LogP contribution in [-0.4, -0.2) is 33.1 Å². The second kappa shape index (κ2) is 6.03. The molecule has 0 aliphatic rings. The molecule has 0 aliphatic carbocycles. The maximum Gasteiger partial charge on any atom is 0.409 e. The third-order valence-corrected chi connectivity index (χ3v) is 3.76. The highest BCUT2D eigenvalue weighted by Crippen LogP contribution is 2.20. The van der Waals surface area contributed by atoms with Crippen LogP contribution >= 0.6 is 0 Å². The topological polar surface area (TPSA) is 89.7 Å². The standard InChI is InChI=1S/C12H18N2O4S/c1-4-18-12(15)14(3)9(2)10-5-7-11(8-6-10)19(13,16)17/h5-9H,4H2,1-3H3,(H2,13,16,17)/t9-/m0/s1. The van der Waals surface area contributed by atoms with Gasteiger partial charge in [-0.25, -0.2) is 18.4 Å². The SMILES string of the molecule is CCOC(=O)N(C)[C@@H](C)c1ccc(S(N)(=O)=O)cc1. The van der Waals surface area contributed by atoms with E-state index in [1.807, 2.05) is 6.92 Å². The van der Waals surface area contributed by atoms with E-state index >= 15 is 0 Å². The number of amides is 1. The number of ether oxygens (including phenoxy) is 1. The number of benzene rings is 1. The highest BCUT2D eigenvalue weighted by molar-refractivity contribution is 7.89. The predicted molar refractivity (Wildman–Crippen MR) is 71.0 cm³/mol. The van der Waals surface area contributed by atoms with E-state index in [1.165, 1.54) is 17.0 Å². The monoisotopic (exact) mass is 286 g/mol. The van der Waals surface area contributed by atoms with Crippen LogP contribution in [0.15, 0.2) is 29.2 Å². The van der Waals surface area contributed by atoms with Gasteiger partial charge in [-0.3, -0.25) is 0 Å². The molecule has 106 valence electrons. The molecular weight excluding hydrogens is 268 g/mol. The molecule has 0 unspecified atom stereocenters. The van der Waals surface area contributed by atoms with Crippen molar-refractivity contribution in [3.05, 3.63) is 29.8 Å². The van der Waals surface area contributed by atoms with E-state index < -0.39 is 16.1 Å². The van der Waals surface area contributed by atoms with Gasteiger partial charge in [0.25, 0.3) is 0 Å². The van der Waals surface area contributed by atoms with Gasteiger partial charge < -0.3 is 9.64 Å². The van der Waals surface area contributed by atoms with Gasteiger partial charge in [0.15, 0.2) is 0 Å². The maximum absolute atomic E-state index is 11.6. The Bertz CT molecular complexity index is 539. The van der Waals surface area contributed by atoms with Crippen LogP contribution in [0.2, 0.25) is 0 Å². The predicted octanol–water partition coefficient (Wildman–Crippen LogP) is 1.48. The lowest BCUT2D eigenvalue weighted by Gasteiger charge is -2.24. The maximum atomic E-state index is 11.6. The number of nitrogens with zero attached hydrogens (tertiary/aromatic N) is 1. The van der Waals surface area contributed by atoms with Gasteiger partial charge in [0.2, 0.25) is 10.0 Å². The van der Waals surface area contributed by atoms with Crippen molar-refractivity contribution >= 4 is 16.1 Å². The zero-order valence-corrected chi connectivity index (χ0v) is 12.0. The quantitative estimate of drug-likeness (QED) is 0.907. The number of hydrogen-bond donors (Lipinski definition) is 1. The number of nitrogens with two attached hydrogens (primary N) is 1. The average molecular weight is 286 g/mol. The molecule has 0 heterocycles. The van der Waals surface area contributed by atoms with Crippen LogP contribution < -0.4 is 5.14 Å². The van der Waals surface area contributed by atoms with Gasteiger partial charge in [-0.1, -0.05) is 12.1 Å². The van der Waals surface area contributed by atoms with E-state index in [0.717, 1.165) is 5.56 Å². The molecule has 6 nitrogen and oxygen atoms in total. The van der Waals surface area contributed by atoms with Crippen molar-refractivity contribution in [3.8, 4) is 0 Å². The largest absolute Gasteiger partial charge is 0.450 e. The van der Waals surface area contributed by atoms with Crippen molar-refractivity contribution in [1.29, 1.82) is 0 Å². The Hall–Kier alpha value is -1.60. The molecule has 1 aromatic rings. The molecule has 19 heavy (non-hydrogen) atoms. The third kappa shape index (κ3) is 3.93. The van der Waals surface area contributed by atoms with Crippen LogP contribution in [0.1, 0.15) is 25.5 Å². The van der Waals surface area contributed by atoms with Crippen LogP contribution in [-0.2, 0) is 14.8 Å². The van der Waals surface area contributed by atoms with Gasteiger partial charge in [0.05, 0.1) is 17.5 Å². The van der Waals surface area contributed by atoms with Crippen molar-refractivity contribution < 1.29 is 17.9 Å². The molecule has 0 aromatic heterocycles. The summed E-state index contributed by atoms with van der Waals surface area (Å²) in [4.78, 5) is 13.1. The van der Waals surface area contributed by atoms with Crippen molar-refractivity contribution in [1.82, 2.24) is 4.90 Å². The molecule has 7 heteroatoms. The smallest absolute Gasteiger partial charge is 0.409 e. The fourth-order valence-corrected chi connectivity index (χ4v) is 2.06. The molecule has 1 amide bonds. The van der Waals surface area contributed by atoms with Gasteiger partial charge in [0, 0.05) is 7.05 Å². The zero-order chi connectivity index (χ0) is 14.6. The molecule has 1 rings (SSSR count). The van der Waals surface area contributed by atoms with E-state index in [4.69, 9.17) is 9.88 Å². The summed E-state index contributed by atoms with van der Waals surface area (Å²) in [5.74, 6) is 0. The van der Waals surface area contributed by atoms with Crippen LogP contribution in [0, 0.1) is 0 Å². The van der Waals surface area contributed by atoms with Crippen molar-refractivity contribution in [2.24, 2.45) is 5.14 Å². The van der Waals surface area contributed by atoms with Gasteiger partial charge in [-0.2, -0.15) is 0 Å². The Morgan fingerprint density at radius 1 is 1.37 bits per heavy atom. The Balaban J connectivity index is 2.89. The Labute approximate surface area is 113 Å². The fourth-order valence-electron chi connectivity index (χ4n) is 1.54. The first kappa shape index (κ1) is 15.5. The fraction of sp³-hybridized carbons (Fsp3) is 0.417. The van der Waals surface area contributed by atoms with E-state index in [9.17, 15) is 13.2 Å². The summed E-state index contributed by atoms with van der Waals surface area (Å²) >= 11 is 0. The summed E-state index contributed by atoms with van der Waals surface area (Å²) in [5, 5.41) is 5.02. The summed E-state index contributed by atoms with van der Waals surface area (Å²) in [5.41, 5.74) is 0.794. The Morgan fingerprint density at radius 2 is 1.89 bits per heavy atom. The molecule has 0 bridgehead atoms. The van der Waals surface area contributed by atoms with E-state index in [1.54, 1.807) is 26.1 Å². The molecule has 1 aromatic carbocycles. The zero-order valence-electron chi connectivity index (χ0n) is 11.2. The van der Waals surface area contributed by atoms with Crippen LogP contribution in [0.3, 0.4) is 0 Å². The van der Waals surface area contributed by atoms with Gasteiger partial charge in [0.1, 0.15) is 0 Å². The normalized spacial score (nSPS) is 12.8. The number of sulfonamides is 1. The second-order valence-electron chi connectivity index (χ2n) is 4.10. The van der Waals surface area contributed by atoms with Crippen molar-refractivity contribution in [3.63, 3.8) is 0 Å². The number of carbonyl (C=O) groups excluding carboxylic acids is 1. The highest BCUT2D eigenvalue weighted by atomic mass is 32.2. The van der Waals surface area contributed by atoms with E-state index in [2.05, 4.69) is 0 Å². The number of carbonyl (C=O) groups is 1. The Kier molecular flexibility index (Phi) is 4.90. The van der Waals surface area contributed by atoms with E-state index in [0.29, 0.717) is 6.61 Å². The summed E-state index contributed by atoms with van der Waals surface area (Å²) in [6.45, 7) is 3.86. The molecule has 0 spiro atoms. The lowest BCUT2D eigenvalue weighted by Crippen LogP contribution is -2.30. The summed E-state index contributed by atoms with van der Waals surface area (Å²) in [6, 6.07) is 5.86. The van der Waals surface area contributed by atoms with Gasteiger partial charge in [-0.15, -0.1) is 0 Å². The molecule has 1 atom stereocenters. The molecule has 2 N–H and O–H groups in total. The van der Waals surface area contributed by atoms with E-state index in [-0.39, 0.29) is 10.9 Å². The van der Waals surface area contributed by atoms with Gasteiger partial charge >= 0.3 is 6.09 Å². The number of hydrogen-bond acceptors (Lipinski definition) is 4. The average Bonchev–Trinajstić information content (AvgIpc) is 2.36. The van der Waals surface area contributed by atoms with Crippen LogP contribution in [0.25, 0.3) is 0 Å². The molecule has 0 saturated carbocycles. The number of rotatable bonds is 4. The first-order chi connectivity index (χ1) is 8.77. The Morgan fingerprint density at radius 3 is 2.32 bits per heavy atom. The second-order valence-corrected chi connectivity index (χ2v) is 5.66. The summed E-state index contributed by atoms with van der Waals surface area (Å²) < 4.78 is 27.2. The minimum atomic E-state index is -3.70. The minimum Gasteiger partial charge on any atom is -0.450 e. The first-order valence-corrected chi connectivity index (χ1v) is 7.34. The van der Waals surface area contributed by atoms with Crippen molar-refractivity contribution in [2.45, 2.75) is 24.8 Å². The first-order valence-electron chi connectivity index (χ1n) is 5.79.